The second kappa shape index (κ2) is 12.8. The number of para-hydroxylation sites is 2. The van der Waals surface area contributed by atoms with Crippen molar-refractivity contribution in [1.29, 1.82) is 0 Å². The van der Waals surface area contributed by atoms with Gasteiger partial charge in [0.15, 0.2) is 0 Å². The Morgan fingerprint density at radius 1 is 0.519 bits per heavy atom. The fraction of sp³-hybridized carbons (Fsp3) is 0.0980. The molecule has 1 spiro atoms. The Morgan fingerprint density at radius 3 is 1.89 bits per heavy atom. The molecule has 0 atom stereocenters. The Bertz CT molecular complexity index is 2650. The summed E-state index contributed by atoms with van der Waals surface area (Å²) in [5, 5.41) is 0. The normalized spacial score (nSPS) is 17.9. The van der Waals surface area contributed by atoms with Crippen LogP contribution in [0.5, 0.6) is 11.5 Å². The van der Waals surface area contributed by atoms with Crippen LogP contribution in [-0.4, -0.2) is 10.7 Å². The van der Waals surface area contributed by atoms with E-state index in [2.05, 4.69) is 177 Å². The van der Waals surface area contributed by atoms with Crippen LogP contribution in [0.4, 0.5) is 0 Å². The Kier molecular flexibility index (Phi) is 7.62. The summed E-state index contributed by atoms with van der Waals surface area (Å²) in [4.78, 5) is 10.2. The highest BCUT2D eigenvalue weighted by Gasteiger charge is 2.50. The van der Waals surface area contributed by atoms with Gasteiger partial charge in [-0.25, -0.2) is 0 Å². The minimum absolute atomic E-state index is 0.498. The van der Waals surface area contributed by atoms with Crippen LogP contribution < -0.4 is 4.74 Å². The van der Waals surface area contributed by atoms with Gasteiger partial charge in [0.2, 0.25) is 0 Å². The van der Waals surface area contributed by atoms with E-state index in [1.165, 1.54) is 50.1 Å². The molecule has 1 aliphatic carbocycles. The van der Waals surface area contributed by atoms with E-state index in [-0.39, 0.29) is 0 Å². The van der Waals surface area contributed by atoms with E-state index in [0.29, 0.717) is 0 Å². The number of aryl methyl sites for hydroxylation is 2. The molecule has 258 valence electrons. The number of fused-ring (bicyclic) bond motifs is 9. The number of aliphatic imine (C=N–C) groups is 1. The molecule has 3 heteroatoms. The number of pyridine rings is 1. The Balaban J connectivity index is 1.14. The molecule has 0 bridgehead atoms. The predicted octanol–water partition coefficient (Wildman–Crippen LogP) is 12.5. The number of hydrogen-bond acceptors (Lipinski definition) is 3. The van der Waals surface area contributed by atoms with Crippen molar-refractivity contribution in [2.45, 2.75) is 32.1 Å². The molecule has 1 aromatic heterocycles. The largest absolute Gasteiger partial charge is 0.457 e. The zero-order chi connectivity index (χ0) is 36.2. The van der Waals surface area contributed by atoms with E-state index < -0.39 is 5.41 Å². The van der Waals surface area contributed by atoms with Gasteiger partial charge in [-0.05, 0) is 102 Å². The van der Waals surface area contributed by atoms with Crippen molar-refractivity contribution in [3.63, 3.8) is 0 Å². The van der Waals surface area contributed by atoms with Gasteiger partial charge in [0.25, 0.3) is 0 Å². The van der Waals surface area contributed by atoms with Crippen LogP contribution in [0.25, 0.3) is 33.5 Å². The van der Waals surface area contributed by atoms with E-state index >= 15 is 0 Å². The summed E-state index contributed by atoms with van der Waals surface area (Å²) in [5.41, 5.74) is 17.9. The van der Waals surface area contributed by atoms with Gasteiger partial charge in [-0.2, -0.15) is 0 Å². The summed E-state index contributed by atoms with van der Waals surface area (Å²) in [5.74, 6) is 1.80. The second-order valence-electron chi connectivity index (χ2n) is 14.5. The fourth-order valence-electron chi connectivity index (χ4n) is 8.84. The molecular formula is C51H38N2O. The summed E-state index contributed by atoms with van der Waals surface area (Å²) in [6.45, 7) is 4.12. The molecule has 54 heavy (non-hydrogen) atoms. The molecule has 3 aliphatic rings. The average Bonchev–Trinajstić information content (AvgIpc) is 3.49. The van der Waals surface area contributed by atoms with Crippen LogP contribution in [0.2, 0.25) is 0 Å². The number of ether oxygens (including phenoxy) is 1. The Hall–Kier alpha value is -6.58. The third kappa shape index (κ3) is 5.11. The van der Waals surface area contributed by atoms with Gasteiger partial charge in [-0.15, -0.1) is 0 Å². The van der Waals surface area contributed by atoms with Crippen LogP contribution in [0.15, 0.2) is 175 Å². The van der Waals surface area contributed by atoms with Gasteiger partial charge in [-0.3, -0.25) is 9.98 Å². The van der Waals surface area contributed by atoms with E-state index in [0.717, 1.165) is 63.8 Å². The molecular weight excluding hydrogens is 657 g/mol. The zero-order valence-electron chi connectivity index (χ0n) is 30.4. The topological polar surface area (TPSA) is 34.5 Å². The summed E-state index contributed by atoms with van der Waals surface area (Å²) in [7, 11) is 0. The van der Waals surface area contributed by atoms with Crippen LogP contribution in [0.1, 0.15) is 63.2 Å². The highest BCUT2D eigenvalue weighted by atomic mass is 16.5. The maximum atomic E-state index is 6.55. The smallest absolute Gasteiger partial charge is 0.132 e. The predicted molar refractivity (Wildman–Crippen MR) is 221 cm³/mol. The van der Waals surface area contributed by atoms with Gasteiger partial charge in [-0.1, -0.05) is 140 Å². The molecule has 0 saturated carbocycles. The van der Waals surface area contributed by atoms with Crippen LogP contribution in [0, 0.1) is 13.8 Å². The minimum atomic E-state index is -0.498. The van der Waals surface area contributed by atoms with Crippen molar-refractivity contribution in [3.8, 4) is 33.8 Å². The number of nitrogens with zero attached hydrogens (tertiary/aromatic N) is 2. The summed E-state index contributed by atoms with van der Waals surface area (Å²) < 4.78 is 6.55. The first-order valence-corrected chi connectivity index (χ1v) is 18.8. The van der Waals surface area contributed by atoms with Crippen LogP contribution in [0.3, 0.4) is 0 Å². The monoisotopic (exact) mass is 694 g/mol. The maximum Gasteiger partial charge on any atom is 0.132 e. The van der Waals surface area contributed by atoms with E-state index in [1.807, 2.05) is 6.92 Å². The van der Waals surface area contributed by atoms with Crippen molar-refractivity contribution in [2.75, 3.05) is 0 Å². The maximum absolute atomic E-state index is 6.55. The highest BCUT2D eigenvalue weighted by Crippen LogP contribution is 2.62. The Labute approximate surface area is 316 Å². The number of benzene rings is 6. The lowest BCUT2D eigenvalue weighted by atomic mass is 9.66. The highest BCUT2D eigenvalue weighted by molar-refractivity contribution is 6.05. The number of allylic oxidation sites excluding steroid dienone is 3. The molecule has 6 aromatic carbocycles. The average molecular weight is 695 g/mol. The molecule has 0 N–H and O–H groups in total. The molecule has 2 aliphatic heterocycles. The molecule has 0 fully saturated rings. The summed E-state index contributed by atoms with van der Waals surface area (Å²) in [6, 6.07) is 56.7. The zero-order valence-corrected chi connectivity index (χ0v) is 30.4. The molecule has 3 nitrogen and oxygen atoms in total. The molecule has 0 radical (unpaired) electrons. The first kappa shape index (κ1) is 32.1. The van der Waals surface area contributed by atoms with E-state index in [1.54, 1.807) is 0 Å². The molecule has 0 unspecified atom stereocenters. The van der Waals surface area contributed by atoms with E-state index in [4.69, 9.17) is 14.7 Å². The van der Waals surface area contributed by atoms with Gasteiger partial charge in [0, 0.05) is 39.4 Å². The fourth-order valence-corrected chi connectivity index (χ4v) is 8.84. The van der Waals surface area contributed by atoms with Gasteiger partial charge >= 0.3 is 0 Å². The van der Waals surface area contributed by atoms with Crippen LogP contribution >= 0.6 is 0 Å². The van der Waals surface area contributed by atoms with Crippen LogP contribution in [-0.2, 0) is 5.41 Å². The van der Waals surface area contributed by atoms with Crippen molar-refractivity contribution in [3.05, 3.63) is 220 Å². The number of hydrogen-bond donors (Lipinski definition) is 0. The summed E-state index contributed by atoms with van der Waals surface area (Å²) in [6.07, 6.45) is 6.41. The molecule has 0 amide bonds. The van der Waals surface area contributed by atoms with E-state index in [9.17, 15) is 0 Å². The lowest BCUT2D eigenvalue weighted by Crippen LogP contribution is -2.32. The van der Waals surface area contributed by atoms with Crippen molar-refractivity contribution in [2.24, 2.45) is 4.99 Å². The molecule has 3 heterocycles. The van der Waals surface area contributed by atoms with Crippen molar-refractivity contribution >= 4 is 17.0 Å². The van der Waals surface area contributed by atoms with Gasteiger partial charge in [0.05, 0.1) is 11.1 Å². The summed E-state index contributed by atoms with van der Waals surface area (Å²) >= 11 is 0. The molecule has 10 rings (SSSR count). The first-order chi connectivity index (χ1) is 26.6. The lowest BCUT2D eigenvalue weighted by Gasteiger charge is -2.39. The number of aromatic nitrogens is 1. The lowest BCUT2D eigenvalue weighted by molar-refractivity contribution is 0.436. The van der Waals surface area contributed by atoms with Gasteiger partial charge in [0.1, 0.15) is 11.5 Å². The standard InChI is InChI=1S/C51H38N2O/c1-33-23-29-40(34(2)52-33)36-26-24-35(25-27-36)38-15-12-20-47(37-13-4-3-5-14-37)53-48(32-38)39-28-30-44-42(31-39)41-16-6-7-17-43(41)51(44)45-18-8-10-21-49(45)54-50-22-11-9-19-46(50)51/h3-11,13-19,21-32H,12,20H2,1-2H3/b38-15+,48-32-,53-47-. The van der Waals surface area contributed by atoms with Crippen molar-refractivity contribution in [1.82, 2.24) is 4.98 Å². The first-order valence-electron chi connectivity index (χ1n) is 18.8. The second-order valence-corrected chi connectivity index (χ2v) is 14.5. The third-order valence-corrected chi connectivity index (χ3v) is 11.3. The molecule has 0 saturated heterocycles. The van der Waals surface area contributed by atoms with Crippen molar-refractivity contribution < 1.29 is 4.74 Å². The minimum Gasteiger partial charge on any atom is -0.457 e. The molecule has 7 aromatic rings. The Morgan fingerprint density at radius 2 is 1.15 bits per heavy atom. The third-order valence-electron chi connectivity index (χ3n) is 11.3. The van der Waals surface area contributed by atoms with Gasteiger partial charge < -0.3 is 4.74 Å². The SMILES string of the molecule is Cc1ccc(-c2ccc(C3=C/CC/C(c4ccccc4)=N/C(c4ccc5c(c4)-c4ccccc4C54c5ccccc5Oc5ccccc54)=C\3)cc2)c(C)n1. The number of rotatable bonds is 4. The quantitative estimate of drug-likeness (QED) is 0.184.